The molecule has 1 unspecified atom stereocenters. The molecule has 0 bridgehead atoms. The quantitative estimate of drug-likeness (QED) is 0.133. The van der Waals surface area contributed by atoms with Gasteiger partial charge in [-0.1, -0.05) is 232 Å². The second-order valence-electron chi connectivity index (χ2n) is 19.4. The van der Waals surface area contributed by atoms with Crippen molar-refractivity contribution < 1.29 is 0 Å². The average Bonchev–Trinajstić information content (AvgIpc) is 3.68. The molecule has 326 valence electrons. The first-order valence-electron chi connectivity index (χ1n) is 24.5. The first-order chi connectivity index (χ1) is 34.0. The molecular formula is C69H50. The van der Waals surface area contributed by atoms with Gasteiger partial charge in [-0.2, -0.15) is 0 Å². The van der Waals surface area contributed by atoms with Crippen LogP contribution in [0.2, 0.25) is 0 Å². The number of rotatable bonds is 8. The van der Waals surface area contributed by atoms with Crippen LogP contribution in [-0.2, 0) is 5.41 Å². The lowest BCUT2D eigenvalue weighted by atomic mass is 9.67. The lowest BCUT2D eigenvalue weighted by Crippen LogP contribution is -2.29. The van der Waals surface area contributed by atoms with Gasteiger partial charge in [-0.3, -0.25) is 0 Å². The fourth-order valence-electron chi connectivity index (χ4n) is 12.1. The van der Waals surface area contributed by atoms with Crippen molar-refractivity contribution in [1.82, 2.24) is 0 Å². The van der Waals surface area contributed by atoms with E-state index in [9.17, 15) is 0 Å². The predicted molar refractivity (Wildman–Crippen MR) is 295 cm³/mol. The Kier molecular flexibility index (Phi) is 9.77. The molecule has 0 spiro atoms. The zero-order chi connectivity index (χ0) is 46.1. The first kappa shape index (κ1) is 40.9. The summed E-state index contributed by atoms with van der Waals surface area (Å²) in [6.45, 7) is 4.76. The average molecular weight is 879 g/mol. The summed E-state index contributed by atoms with van der Waals surface area (Å²) in [7, 11) is 0. The molecule has 1 aliphatic rings. The molecule has 1 aliphatic carbocycles. The SMILES string of the molecule is CC(C)CC1(c2ccc3ccccc3c2)c2ccccc2-c2ccc(-c3c4ccccc4c(-c4ccc(-c5cc(-c6ccccc6)cc(-c6ccccc6)c5)c5ccccc45)c4ccccc34)cc21. The van der Waals surface area contributed by atoms with Gasteiger partial charge in [-0.05, 0) is 169 Å². The summed E-state index contributed by atoms with van der Waals surface area (Å²) >= 11 is 0. The number of benzene rings is 12. The summed E-state index contributed by atoms with van der Waals surface area (Å²) in [6.07, 6.45) is 1.01. The van der Waals surface area contributed by atoms with Gasteiger partial charge in [0.2, 0.25) is 0 Å². The zero-order valence-electron chi connectivity index (χ0n) is 39.0. The highest BCUT2D eigenvalue weighted by Gasteiger charge is 2.45. The standard InChI is InChI=1S/C69H50/c1-45(2)44-69(54-35-33-48-23-9-10-24-49(48)42-54)65-32-18-17-27-58(65)59-36-34-50(43-66(59)69)67-60-28-13-15-30-62(60)68(63-31-16-14-29-61(63)67)64-38-37-55(56-25-11-12-26-57(56)64)53-40-51(46-19-5-3-6-20-46)39-52(41-53)47-21-7-4-8-22-47/h3-43,45H,44H2,1-2H3. The molecule has 0 heterocycles. The Morgan fingerprint density at radius 2 is 0.768 bits per heavy atom. The molecule has 12 aromatic carbocycles. The molecule has 0 nitrogen and oxygen atoms in total. The maximum absolute atomic E-state index is 2.57. The van der Waals surface area contributed by atoms with Crippen LogP contribution in [0, 0.1) is 5.92 Å². The van der Waals surface area contributed by atoms with E-state index in [2.05, 4.69) is 263 Å². The monoisotopic (exact) mass is 878 g/mol. The molecule has 0 aliphatic heterocycles. The molecule has 0 saturated heterocycles. The zero-order valence-corrected chi connectivity index (χ0v) is 39.0. The van der Waals surface area contributed by atoms with Gasteiger partial charge in [0.1, 0.15) is 0 Å². The molecule has 0 amide bonds. The molecule has 13 rings (SSSR count). The molecule has 0 saturated carbocycles. The highest BCUT2D eigenvalue weighted by molar-refractivity contribution is 6.24. The molecule has 0 N–H and O–H groups in total. The van der Waals surface area contributed by atoms with Gasteiger partial charge in [0.05, 0.1) is 0 Å². The van der Waals surface area contributed by atoms with Crippen LogP contribution >= 0.6 is 0 Å². The van der Waals surface area contributed by atoms with E-state index in [4.69, 9.17) is 0 Å². The van der Waals surface area contributed by atoms with Crippen molar-refractivity contribution in [1.29, 1.82) is 0 Å². The van der Waals surface area contributed by atoms with Crippen molar-refractivity contribution >= 4 is 43.1 Å². The van der Waals surface area contributed by atoms with Gasteiger partial charge in [-0.25, -0.2) is 0 Å². The largest absolute Gasteiger partial charge is 0.0627 e. The number of hydrogen-bond acceptors (Lipinski definition) is 0. The maximum atomic E-state index is 2.57. The van der Waals surface area contributed by atoms with Crippen LogP contribution in [0.1, 0.15) is 37.0 Å². The van der Waals surface area contributed by atoms with E-state index >= 15 is 0 Å². The van der Waals surface area contributed by atoms with Crippen molar-refractivity contribution in [3.8, 4) is 66.8 Å². The third-order valence-electron chi connectivity index (χ3n) is 15.0. The molecule has 1 atom stereocenters. The van der Waals surface area contributed by atoms with E-state index in [0.29, 0.717) is 5.92 Å². The lowest BCUT2D eigenvalue weighted by molar-refractivity contribution is 0.461. The van der Waals surface area contributed by atoms with Gasteiger partial charge in [0.15, 0.2) is 0 Å². The van der Waals surface area contributed by atoms with Gasteiger partial charge in [0, 0.05) is 5.41 Å². The van der Waals surface area contributed by atoms with Crippen molar-refractivity contribution in [3.63, 3.8) is 0 Å². The Labute approximate surface area is 404 Å². The van der Waals surface area contributed by atoms with Gasteiger partial charge >= 0.3 is 0 Å². The Morgan fingerprint density at radius 1 is 0.290 bits per heavy atom. The van der Waals surface area contributed by atoms with Crippen LogP contribution in [-0.4, -0.2) is 0 Å². The van der Waals surface area contributed by atoms with E-state index in [0.717, 1.165) is 6.42 Å². The van der Waals surface area contributed by atoms with E-state index in [1.54, 1.807) is 0 Å². The summed E-state index contributed by atoms with van der Waals surface area (Å²) < 4.78 is 0. The lowest BCUT2D eigenvalue weighted by Gasteiger charge is -2.35. The number of hydrogen-bond donors (Lipinski definition) is 0. The second kappa shape index (κ2) is 16.5. The third kappa shape index (κ3) is 6.66. The second-order valence-corrected chi connectivity index (χ2v) is 19.4. The topological polar surface area (TPSA) is 0 Å². The highest BCUT2D eigenvalue weighted by atomic mass is 14.5. The van der Waals surface area contributed by atoms with Crippen molar-refractivity contribution in [2.45, 2.75) is 25.7 Å². The fourth-order valence-corrected chi connectivity index (χ4v) is 12.1. The third-order valence-corrected chi connectivity index (χ3v) is 15.0. The van der Waals surface area contributed by atoms with Crippen molar-refractivity contribution in [3.05, 3.63) is 265 Å². The van der Waals surface area contributed by atoms with Crippen LogP contribution < -0.4 is 0 Å². The molecular weight excluding hydrogens is 829 g/mol. The van der Waals surface area contributed by atoms with Crippen LogP contribution in [0.15, 0.2) is 249 Å². The fraction of sp³-hybridized carbons (Fsp3) is 0.0725. The van der Waals surface area contributed by atoms with Gasteiger partial charge in [0.25, 0.3) is 0 Å². The summed E-state index contributed by atoms with van der Waals surface area (Å²) in [6, 6.07) is 93.2. The minimum atomic E-state index is -0.311. The Morgan fingerprint density at radius 3 is 1.41 bits per heavy atom. The van der Waals surface area contributed by atoms with Crippen LogP contribution in [0.25, 0.3) is 110 Å². The molecule has 0 fully saturated rings. The summed E-state index contributed by atoms with van der Waals surface area (Å²) in [5.41, 5.74) is 18.9. The van der Waals surface area contributed by atoms with Crippen molar-refractivity contribution in [2.75, 3.05) is 0 Å². The van der Waals surface area contributed by atoms with E-state index in [1.807, 2.05) is 0 Å². The summed E-state index contributed by atoms with van der Waals surface area (Å²) in [5, 5.41) is 10.1. The van der Waals surface area contributed by atoms with E-state index in [-0.39, 0.29) is 5.41 Å². The molecule has 69 heavy (non-hydrogen) atoms. The Bertz CT molecular complexity index is 3840. The minimum Gasteiger partial charge on any atom is -0.0627 e. The van der Waals surface area contributed by atoms with E-state index < -0.39 is 0 Å². The maximum Gasteiger partial charge on any atom is 0.0466 e. The minimum absolute atomic E-state index is 0.311. The van der Waals surface area contributed by atoms with Crippen LogP contribution in [0.4, 0.5) is 0 Å². The predicted octanol–water partition coefficient (Wildman–Crippen LogP) is 19.0. The Balaban J connectivity index is 1.03. The molecule has 0 aromatic heterocycles. The summed E-state index contributed by atoms with van der Waals surface area (Å²) in [4.78, 5) is 0. The van der Waals surface area contributed by atoms with Crippen LogP contribution in [0.3, 0.4) is 0 Å². The smallest absolute Gasteiger partial charge is 0.0466 e. The Hall–Kier alpha value is -8.32. The summed E-state index contributed by atoms with van der Waals surface area (Å²) in [5.74, 6) is 0.458. The first-order valence-corrected chi connectivity index (χ1v) is 24.5. The highest BCUT2D eigenvalue weighted by Crippen LogP contribution is 2.57. The van der Waals surface area contributed by atoms with Crippen LogP contribution in [0.5, 0.6) is 0 Å². The van der Waals surface area contributed by atoms with Crippen molar-refractivity contribution in [2.24, 2.45) is 5.92 Å². The molecule has 0 radical (unpaired) electrons. The van der Waals surface area contributed by atoms with Gasteiger partial charge < -0.3 is 0 Å². The molecule has 0 heteroatoms. The van der Waals surface area contributed by atoms with E-state index in [1.165, 1.54) is 127 Å². The molecule has 12 aromatic rings. The van der Waals surface area contributed by atoms with Gasteiger partial charge in [-0.15, -0.1) is 0 Å². The number of fused-ring (bicyclic) bond motifs is 7. The normalized spacial score (nSPS) is 14.2.